The van der Waals surface area contributed by atoms with Crippen molar-refractivity contribution in [2.75, 3.05) is 6.61 Å². The van der Waals surface area contributed by atoms with Gasteiger partial charge in [0.15, 0.2) is 5.78 Å². The van der Waals surface area contributed by atoms with E-state index in [1.165, 1.54) is 12.1 Å². The molecule has 0 aliphatic rings. The van der Waals surface area contributed by atoms with Gasteiger partial charge in [-0.3, -0.25) is 4.79 Å². The zero-order valence-corrected chi connectivity index (χ0v) is 11.1. The first-order valence-corrected chi connectivity index (χ1v) is 6.35. The summed E-state index contributed by atoms with van der Waals surface area (Å²) in [6.07, 6.45) is -4.28. The van der Waals surface area contributed by atoms with Crippen molar-refractivity contribution < 1.29 is 22.7 Å². The fourth-order valence-electron chi connectivity index (χ4n) is 1.77. The molecule has 0 N–H and O–H groups in total. The van der Waals surface area contributed by atoms with E-state index in [1.807, 2.05) is 18.2 Å². The van der Waals surface area contributed by atoms with Crippen LogP contribution in [0.25, 0.3) is 0 Å². The summed E-state index contributed by atoms with van der Waals surface area (Å²) in [4.78, 5) is 11.8. The van der Waals surface area contributed by atoms with Gasteiger partial charge in [-0.2, -0.15) is 13.2 Å². The first-order valence-electron chi connectivity index (χ1n) is 6.35. The summed E-state index contributed by atoms with van der Waals surface area (Å²) in [6, 6.07) is 13.2. The molecule has 0 unspecified atom stereocenters. The van der Waals surface area contributed by atoms with Crippen LogP contribution in [0, 0.1) is 0 Å². The number of ketones is 1. The third kappa shape index (κ3) is 4.34. The van der Waals surface area contributed by atoms with E-state index in [1.54, 1.807) is 12.1 Å². The third-order valence-electron chi connectivity index (χ3n) is 2.88. The van der Waals surface area contributed by atoms with Gasteiger partial charge in [0, 0.05) is 12.0 Å². The Morgan fingerprint density at radius 1 is 0.952 bits per heavy atom. The van der Waals surface area contributed by atoms with Crippen LogP contribution >= 0.6 is 0 Å². The van der Waals surface area contributed by atoms with E-state index in [9.17, 15) is 18.0 Å². The average molecular weight is 294 g/mol. The highest BCUT2D eigenvalue weighted by Crippen LogP contribution is 2.29. The first kappa shape index (κ1) is 15.1. The van der Waals surface area contributed by atoms with E-state index in [0.717, 1.165) is 12.1 Å². The summed E-state index contributed by atoms with van der Waals surface area (Å²) < 4.78 is 42.6. The van der Waals surface area contributed by atoms with Gasteiger partial charge >= 0.3 is 6.18 Å². The summed E-state index contributed by atoms with van der Waals surface area (Å²) in [5.74, 6) is 0.400. The molecule has 0 bridgehead atoms. The Balaban J connectivity index is 1.89. The largest absolute Gasteiger partial charge is 0.493 e. The molecule has 2 aromatic carbocycles. The Kier molecular flexibility index (Phi) is 4.62. The maximum atomic E-state index is 12.4. The molecule has 0 fully saturated rings. The normalized spacial score (nSPS) is 11.2. The van der Waals surface area contributed by atoms with Crippen molar-refractivity contribution in [3.05, 3.63) is 65.7 Å². The minimum atomic E-state index is -4.39. The van der Waals surface area contributed by atoms with E-state index < -0.39 is 11.7 Å². The molecule has 2 rings (SSSR count). The zero-order chi connectivity index (χ0) is 15.3. The van der Waals surface area contributed by atoms with E-state index in [-0.39, 0.29) is 24.4 Å². The summed E-state index contributed by atoms with van der Waals surface area (Å²) in [6.45, 7) is 0.184. The molecule has 2 nitrogen and oxygen atoms in total. The van der Waals surface area contributed by atoms with Gasteiger partial charge in [-0.15, -0.1) is 0 Å². The van der Waals surface area contributed by atoms with Crippen molar-refractivity contribution in [3.8, 4) is 5.75 Å². The number of carbonyl (C=O) groups is 1. The number of ether oxygens (including phenoxy) is 1. The number of para-hydroxylation sites is 1. The lowest BCUT2D eigenvalue weighted by Gasteiger charge is -2.08. The molecular formula is C16H13F3O2. The van der Waals surface area contributed by atoms with Crippen LogP contribution in [-0.4, -0.2) is 12.4 Å². The number of carbonyl (C=O) groups excluding carboxylic acids is 1. The van der Waals surface area contributed by atoms with Crippen LogP contribution in [0.4, 0.5) is 13.2 Å². The quantitative estimate of drug-likeness (QED) is 0.766. The number of hydrogen-bond acceptors (Lipinski definition) is 2. The van der Waals surface area contributed by atoms with Crippen LogP contribution in [0.5, 0.6) is 5.75 Å². The average Bonchev–Trinajstić information content (AvgIpc) is 2.47. The van der Waals surface area contributed by atoms with Gasteiger partial charge in [0.1, 0.15) is 5.75 Å². The monoisotopic (exact) mass is 294 g/mol. The second-order valence-corrected chi connectivity index (χ2v) is 4.41. The fraction of sp³-hybridized carbons (Fsp3) is 0.188. The van der Waals surface area contributed by atoms with Crippen molar-refractivity contribution in [2.24, 2.45) is 0 Å². The number of rotatable bonds is 5. The highest BCUT2D eigenvalue weighted by molar-refractivity contribution is 5.96. The first-order chi connectivity index (χ1) is 9.97. The molecular weight excluding hydrogens is 281 g/mol. The van der Waals surface area contributed by atoms with Crippen molar-refractivity contribution in [2.45, 2.75) is 12.6 Å². The standard InChI is InChI=1S/C16H13F3O2/c17-16(18,19)13-8-6-12(7-9-13)15(20)10-11-21-14-4-2-1-3-5-14/h1-9H,10-11H2. The lowest BCUT2D eigenvalue weighted by Crippen LogP contribution is -2.08. The molecule has 21 heavy (non-hydrogen) atoms. The maximum Gasteiger partial charge on any atom is 0.416 e. The molecule has 0 atom stereocenters. The molecule has 0 heterocycles. The van der Waals surface area contributed by atoms with Crippen LogP contribution < -0.4 is 4.74 Å². The highest BCUT2D eigenvalue weighted by Gasteiger charge is 2.30. The summed E-state index contributed by atoms with van der Waals surface area (Å²) in [7, 11) is 0. The fourth-order valence-corrected chi connectivity index (χ4v) is 1.77. The lowest BCUT2D eigenvalue weighted by molar-refractivity contribution is -0.137. The van der Waals surface area contributed by atoms with E-state index in [4.69, 9.17) is 4.74 Å². The molecule has 0 saturated carbocycles. The second-order valence-electron chi connectivity index (χ2n) is 4.41. The van der Waals surface area contributed by atoms with E-state index in [0.29, 0.717) is 5.75 Å². The van der Waals surface area contributed by atoms with Crippen LogP contribution in [-0.2, 0) is 6.18 Å². The summed E-state index contributed by atoms with van der Waals surface area (Å²) in [5, 5.41) is 0. The Morgan fingerprint density at radius 2 is 1.57 bits per heavy atom. The van der Waals surface area contributed by atoms with Crippen molar-refractivity contribution >= 4 is 5.78 Å². The number of alkyl halides is 3. The molecule has 0 radical (unpaired) electrons. The highest BCUT2D eigenvalue weighted by atomic mass is 19.4. The van der Waals surface area contributed by atoms with Crippen molar-refractivity contribution in [1.29, 1.82) is 0 Å². The zero-order valence-electron chi connectivity index (χ0n) is 11.1. The van der Waals surface area contributed by atoms with E-state index in [2.05, 4.69) is 0 Å². The molecule has 2 aromatic rings. The Bertz CT molecular complexity index is 589. The Hall–Kier alpha value is -2.30. The van der Waals surface area contributed by atoms with Gasteiger partial charge in [-0.1, -0.05) is 30.3 Å². The molecule has 0 aliphatic heterocycles. The van der Waals surface area contributed by atoms with Crippen LogP contribution in [0.3, 0.4) is 0 Å². The maximum absolute atomic E-state index is 12.4. The van der Waals surface area contributed by atoms with Gasteiger partial charge in [-0.05, 0) is 24.3 Å². The number of Topliss-reactive ketones (excluding diaryl/α,β-unsaturated/α-hetero) is 1. The minimum Gasteiger partial charge on any atom is -0.493 e. The van der Waals surface area contributed by atoms with Gasteiger partial charge in [0.2, 0.25) is 0 Å². The third-order valence-corrected chi connectivity index (χ3v) is 2.88. The van der Waals surface area contributed by atoms with Crippen molar-refractivity contribution in [3.63, 3.8) is 0 Å². The molecule has 110 valence electrons. The van der Waals surface area contributed by atoms with Gasteiger partial charge in [0.05, 0.1) is 12.2 Å². The second kappa shape index (κ2) is 6.43. The van der Waals surface area contributed by atoms with Crippen molar-refractivity contribution in [1.82, 2.24) is 0 Å². The number of hydrogen-bond donors (Lipinski definition) is 0. The Morgan fingerprint density at radius 3 is 2.14 bits per heavy atom. The SMILES string of the molecule is O=C(CCOc1ccccc1)c1ccc(C(F)(F)F)cc1. The van der Waals surface area contributed by atoms with Gasteiger partial charge in [-0.25, -0.2) is 0 Å². The van der Waals surface area contributed by atoms with Gasteiger partial charge < -0.3 is 4.74 Å². The van der Waals surface area contributed by atoms with E-state index >= 15 is 0 Å². The molecule has 0 saturated heterocycles. The molecule has 0 spiro atoms. The summed E-state index contributed by atoms with van der Waals surface area (Å²) in [5.41, 5.74) is -0.515. The van der Waals surface area contributed by atoms with Crippen LogP contribution in [0.15, 0.2) is 54.6 Å². The lowest BCUT2D eigenvalue weighted by atomic mass is 10.1. The molecule has 0 aromatic heterocycles. The predicted octanol–water partition coefficient (Wildman–Crippen LogP) is 4.36. The Labute approximate surface area is 120 Å². The molecule has 0 amide bonds. The smallest absolute Gasteiger partial charge is 0.416 e. The summed E-state index contributed by atoms with van der Waals surface area (Å²) >= 11 is 0. The number of benzene rings is 2. The van der Waals surface area contributed by atoms with Crippen LogP contribution in [0.2, 0.25) is 0 Å². The number of halogens is 3. The molecule has 0 aliphatic carbocycles. The van der Waals surface area contributed by atoms with Crippen LogP contribution in [0.1, 0.15) is 22.3 Å². The predicted molar refractivity (Wildman–Crippen MR) is 72.3 cm³/mol. The minimum absolute atomic E-state index is 0.111. The topological polar surface area (TPSA) is 26.3 Å². The molecule has 5 heteroatoms. The van der Waals surface area contributed by atoms with Gasteiger partial charge in [0.25, 0.3) is 0 Å².